The highest BCUT2D eigenvalue weighted by Gasteiger charge is 2.35. The Morgan fingerprint density at radius 2 is 1.50 bits per heavy atom. The van der Waals surface area contributed by atoms with Crippen molar-refractivity contribution in [3.63, 3.8) is 0 Å². The molecular weight excluding hydrogens is 709 g/mol. The minimum atomic E-state index is -4.28. The third-order valence-corrected chi connectivity index (χ3v) is 10.3. The molecule has 1 N–H and O–H groups in total. The summed E-state index contributed by atoms with van der Waals surface area (Å²) in [6, 6.07) is 26.5. The Morgan fingerprint density at radius 1 is 0.870 bits per heavy atom. The Morgan fingerprint density at radius 3 is 2.11 bits per heavy atom. The van der Waals surface area contributed by atoms with Crippen LogP contribution in [-0.2, 0) is 32.6 Å². The van der Waals surface area contributed by atoms with Gasteiger partial charge in [-0.3, -0.25) is 13.9 Å². The van der Waals surface area contributed by atoms with E-state index in [9.17, 15) is 18.0 Å². The van der Waals surface area contributed by atoms with Gasteiger partial charge in [0.2, 0.25) is 11.8 Å². The number of benzene rings is 4. The van der Waals surface area contributed by atoms with Gasteiger partial charge in [0.25, 0.3) is 10.0 Å². The molecule has 0 spiro atoms. The summed E-state index contributed by atoms with van der Waals surface area (Å²) in [5.41, 5.74) is 2.61. The largest absolute Gasteiger partial charge is 0.352 e. The number of nitrogens with zero attached hydrogens (tertiary/aromatic N) is 2. The summed E-state index contributed by atoms with van der Waals surface area (Å²) in [5, 5.41) is 3.45. The van der Waals surface area contributed by atoms with E-state index in [0.717, 1.165) is 25.5 Å². The van der Waals surface area contributed by atoms with Crippen LogP contribution in [0.4, 0.5) is 5.69 Å². The van der Waals surface area contributed by atoms with E-state index in [2.05, 4.69) is 21.2 Å². The first-order valence-corrected chi connectivity index (χ1v) is 17.8. The molecule has 4 aromatic carbocycles. The fourth-order valence-electron chi connectivity index (χ4n) is 4.88. The summed E-state index contributed by atoms with van der Waals surface area (Å²) >= 11 is 16.1. The number of halogens is 3. The number of anilines is 1. The molecule has 2 unspecified atom stereocenters. The van der Waals surface area contributed by atoms with E-state index in [0.29, 0.717) is 6.42 Å². The Kier molecular flexibility index (Phi) is 12.3. The summed E-state index contributed by atoms with van der Waals surface area (Å²) in [6.45, 7) is 5.16. The van der Waals surface area contributed by atoms with E-state index >= 15 is 0 Å². The van der Waals surface area contributed by atoms with Gasteiger partial charge in [0.15, 0.2) is 0 Å². The van der Waals surface area contributed by atoms with Crippen LogP contribution in [0.5, 0.6) is 0 Å². The molecule has 46 heavy (non-hydrogen) atoms. The minimum Gasteiger partial charge on any atom is -0.352 e. The number of nitrogens with one attached hydrogen (secondary N) is 1. The van der Waals surface area contributed by atoms with Crippen molar-refractivity contribution in [3.8, 4) is 0 Å². The highest BCUT2D eigenvalue weighted by Crippen LogP contribution is 2.30. The van der Waals surface area contributed by atoms with Gasteiger partial charge in [0, 0.05) is 33.5 Å². The number of hydrogen-bond donors (Lipinski definition) is 1. The van der Waals surface area contributed by atoms with Crippen molar-refractivity contribution in [2.45, 2.75) is 57.1 Å². The Labute approximate surface area is 289 Å². The number of aryl methyl sites for hydroxylation is 1. The fraction of sp³-hybridized carbons (Fsp3) is 0.257. The number of carbonyl (C=O) groups is 2. The maximum Gasteiger partial charge on any atom is 0.264 e. The number of sulfonamides is 1. The lowest BCUT2D eigenvalue weighted by Crippen LogP contribution is -2.54. The van der Waals surface area contributed by atoms with Gasteiger partial charge >= 0.3 is 0 Å². The number of carbonyl (C=O) groups excluding carboxylic acids is 2. The predicted molar refractivity (Wildman–Crippen MR) is 189 cm³/mol. The molecule has 0 aliphatic rings. The number of rotatable bonds is 13. The first kappa shape index (κ1) is 35.5. The lowest BCUT2D eigenvalue weighted by Gasteiger charge is -2.34. The lowest BCUT2D eigenvalue weighted by molar-refractivity contribution is -0.140. The summed E-state index contributed by atoms with van der Waals surface area (Å²) in [4.78, 5) is 30.0. The van der Waals surface area contributed by atoms with Crippen molar-refractivity contribution in [2.24, 2.45) is 0 Å². The molecule has 4 aromatic rings. The predicted octanol–water partition coefficient (Wildman–Crippen LogP) is 7.81. The molecule has 0 aromatic heterocycles. The highest BCUT2D eigenvalue weighted by molar-refractivity contribution is 9.10. The minimum absolute atomic E-state index is 0.00381. The Bertz CT molecular complexity index is 1750. The van der Waals surface area contributed by atoms with E-state index in [1.54, 1.807) is 12.1 Å². The van der Waals surface area contributed by atoms with Crippen molar-refractivity contribution >= 4 is 66.7 Å². The third kappa shape index (κ3) is 9.35. The van der Waals surface area contributed by atoms with Gasteiger partial charge in [-0.1, -0.05) is 106 Å². The molecule has 2 atom stereocenters. The maximum absolute atomic E-state index is 14.6. The molecule has 11 heteroatoms. The van der Waals surface area contributed by atoms with Crippen molar-refractivity contribution in [1.82, 2.24) is 10.2 Å². The second-order valence-electron chi connectivity index (χ2n) is 11.1. The summed E-state index contributed by atoms with van der Waals surface area (Å²) < 4.78 is 30.2. The van der Waals surface area contributed by atoms with Crippen LogP contribution in [0, 0.1) is 6.92 Å². The third-order valence-electron chi connectivity index (χ3n) is 7.54. The zero-order valence-electron chi connectivity index (χ0n) is 25.8. The molecule has 242 valence electrons. The molecule has 0 saturated heterocycles. The van der Waals surface area contributed by atoms with E-state index in [4.69, 9.17) is 23.2 Å². The van der Waals surface area contributed by atoms with Gasteiger partial charge in [-0.25, -0.2) is 8.42 Å². The summed E-state index contributed by atoms with van der Waals surface area (Å²) in [5.74, 6) is -0.910. The van der Waals surface area contributed by atoms with Crippen LogP contribution in [-0.4, -0.2) is 43.8 Å². The Hall–Kier alpha value is -3.37. The van der Waals surface area contributed by atoms with Crippen LogP contribution in [0.2, 0.25) is 10.0 Å². The molecule has 7 nitrogen and oxygen atoms in total. The maximum atomic E-state index is 14.6. The number of hydrogen-bond acceptors (Lipinski definition) is 4. The van der Waals surface area contributed by atoms with Gasteiger partial charge < -0.3 is 10.2 Å². The normalized spacial score (nSPS) is 12.7. The quantitative estimate of drug-likeness (QED) is 0.151. The monoisotopic (exact) mass is 743 g/mol. The van der Waals surface area contributed by atoms with Gasteiger partial charge in [0.05, 0.1) is 10.6 Å². The molecule has 2 amide bonds. The van der Waals surface area contributed by atoms with E-state index in [1.807, 2.05) is 75.4 Å². The zero-order chi connectivity index (χ0) is 33.4. The van der Waals surface area contributed by atoms with Gasteiger partial charge in [-0.15, -0.1) is 0 Å². The lowest BCUT2D eigenvalue weighted by atomic mass is 10.0. The van der Waals surface area contributed by atoms with Crippen LogP contribution >= 0.6 is 39.1 Å². The highest BCUT2D eigenvalue weighted by atomic mass is 79.9. The second-order valence-corrected chi connectivity index (χ2v) is 14.8. The average molecular weight is 746 g/mol. The molecule has 0 heterocycles. The van der Waals surface area contributed by atoms with Crippen LogP contribution in [0.3, 0.4) is 0 Å². The molecule has 0 aliphatic heterocycles. The smallest absolute Gasteiger partial charge is 0.264 e. The summed E-state index contributed by atoms with van der Waals surface area (Å²) in [7, 11) is -4.28. The van der Waals surface area contributed by atoms with Crippen molar-refractivity contribution in [1.29, 1.82) is 0 Å². The fourth-order valence-corrected chi connectivity index (χ4v) is 7.24. The van der Waals surface area contributed by atoms with Crippen molar-refractivity contribution in [2.75, 3.05) is 10.8 Å². The number of amides is 2. The zero-order valence-corrected chi connectivity index (χ0v) is 29.7. The van der Waals surface area contributed by atoms with Crippen LogP contribution in [0.1, 0.15) is 37.0 Å². The SMILES string of the molecule is CCC(C)NC(=O)C(Cc1ccccc1)N(Cc1cccc(Br)c1)C(=O)CN(c1cc(Cl)cc(Cl)c1)S(=O)(=O)c1ccc(C)cc1. The second kappa shape index (κ2) is 16.0. The topological polar surface area (TPSA) is 86.8 Å². The molecule has 0 bridgehead atoms. The Balaban J connectivity index is 1.83. The summed E-state index contributed by atoms with van der Waals surface area (Å²) in [6.07, 6.45) is 0.915. The van der Waals surface area contributed by atoms with E-state index in [1.165, 1.54) is 35.2 Å². The first-order valence-electron chi connectivity index (χ1n) is 14.8. The average Bonchev–Trinajstić information content (AvgIpc) is 3.01. The van der Waals surface area contributed by atoms with E-state index in [-0.39, 0.29) is 45.5 Å². The van der Waals surface area contributed by atoms with Crippen LogP contribution < -0.4 is 9.62 Å². The molecule has 0 saturated carbocycles. The standard InChI is InChI=1S/C35H36BrCl2N3O4S/c1-4-25(3)39-35(43)33(18-26-9-6-5-7-10-26)40(22-27-11-8-12-28(36)17-27)34(42)23-41(31-20-29(37)19-30(38)21-31)46(44,45)32-15-13-24(2)14-16-32/h5-17,19-21,25,33H,4,18,22-23H2,1-3H3,(H,39,43). The molecular formula is C35H36BrCl2N3O4S. The molecule has 4 rings (SSSR count). The molecule has 0 aliphatic carbocycles. The molecule has 0 radical (unpaired) electrons. The van der Waals surface area contributed by atoms with Crippen molar-refractivity contribution < 1.29 is 18.0 Å². The van der Waals surface area contributed by atoms with Crippen molar-refractivity contribution in [3.05, 3.63) is 128 Å². The van der Waals surface area contributed by atoms with Gasteiger partial charge in [-0.05, 0) is 73.9 Å². The first-order chi connectivity index (χ1) is 21.9. The van der Waals surface area contributed by atoms with Crippen LogP contribution in [0.15, 0.2) is 106 Å². The van der Waals surface area contributed by atoms with E-state index < -0.39 is 28.5 Å². The van der Waals surface area contributed by atoms with Crippen LogP contribution in [0.25, 0.3) is 0 Å². The van der Waals surface area contributed by atoms with Gasteiger partial charge in [-0.2, -0.15) is 0 Å². The van der Waals surface area contributed by atoms with Gasteiger partial charge in [0.1, 0.15) is 12.6 Å². The molecule has 0 fully saturated rings.